The van der Waals surface area contributed by atoms with Crippen LogP contribution in [0.1, 0.15) is 25.2 Å². The van der Waals surface area contributed by atoms with Crippen LogP contribution in [-0.2, 0) is 18.0 Å². The van der Waals surface area contributed by atoms with E-state index >= 15 is 0 Å². The average molecular weight is 314 g/mol. The topological polar surface area (TPSA) is 34.6 Å². The molecular weight excluding hydrogens is 288 g/mol. The molecule has 0 spiro atoms. The van der Waals surface area contributed by atoms with E-state index in [-0.39, 0.29) is 0 Å². The Labute approximate surface area is 139 Å². The predicted octanol–water partition coefficient (Wildman–Crippen LogP) is 3.52. The summed E-state index contributed by atoms with van der Waals surface area (Å²) >= 11 is 0. The van der Waals surface area contributed by atoms with Crippen LogP contribution in [0.5, 0.6) is 5.75 Å². The summed E-state index contributed by atoms with van der Waals surface area (Å²) in [5.74, 6) is 0.857. The van der Waals surface area contributed by atoms with E-state index in [0.717, 1.165) is 43.4 Å². The molecule has 0 aliphatic carbocycles. The zero-order chi connectivity index (χ0) is 16.3. The lowest BCUT2D eigenvalue weighted by Gasteiger charge is -2.17. The molecule has 0 N–H and O–H groups in total. The fourth-order valence-electron chi connectivity index (χ4n) is 2.27. The molecule has 0 saturated carbocycles. The second kappa shape index (κ2) is 9.98. The smallest absolute Gasteiger partial charge is 0.130 e. The number of ether oxygens (including phenoxy) is 2. The number of pyridine rings is 1. The minimum absolute atomic E-state index is 0.470. The lowest BCUT2D eigenvalue weighted by atomic mass is 10.3. The lowest BCUT2D eigenvalue weighted by molar-refractivity contribution is 0.0934. The summed E-state index contributed by atoms with van der Waals surface area (Å²) in [5.41, 5.74) is 1.86. The Hall–Kier alpha value is -1.91. The van der Waals surface area contributed by atoms with E-state index in [2.05, 4.69) is 23.7 Å². The highest BCUT2D eigenvalue weighted by atomic mass is 16.5. The van der Waals surface area contributed by atoms with Gasteiger partial charge in [-0.2, -0.15) is 0 Å². The summed E-state index contributed by atoms with van der Waals surface area (Å²) in [6.45, 7) is 9.16. The average Bonchev–Trinajstić information content (AvgIpc) is 2.61. The summed E-state index contributed by atoms with van der Waals surface area (Å²) in [5, 5.41) is 0. The minimum atomic E-state index is 0.470. The predicted molar refractivity (Wildman–Crippen MR) is 92.5 cm³/mol. The molecule has 1 aromatic heterocycles. The van der Waals surface area contributed by atoms with Crippen molar-refractivity contribution in [2.45, 2.75) is 27.1 Å². The van der Waals surface area contributed by atoms with Gasteiger partial charge in [-0.1, -0.05) is 38.1 Å². The number of nitrogens with zero attached hydrogens (tertiary/aromatic N) is 2. The molecule has 2 rings (SSSR count). The van der Waals surface area contributed by atoms with Gasteiger partial charge in [0.05, 0.1) is 24.6 Å². The van der Waals surface area contributed by atoms with Gasteiger partial charge in [-0.05, 0) is 37.4 Å². The van der Waals surface area contributed by atoms with Gasteiger partial charge in [-0.15, -0.1) is 0 Å². The van der Waals surface area contributed by atoms with Crippen molar-refractivity contribution in [2.75, 3.05) is 26.2 Å². The number of hydrogen-bond donors (Lipinski definition) is 0. The lowest BCUT2D eigenvalue weighted by Crippen LogP contribution is -2.27. The molecule has 0 bridgehead atoms. The highest BCUT2D eigenvalue weighted by Gasteiger charge is 2.02. The van der Waals surface area contributed by atoms with Crippen molar-refractivity contribution < 1.29 is 9.47 Å². The van der Waals surface area contributed by atoms with Crippen LogP contribution in [0.3, 0.4) is 0 Å². The normalized spacial score (nSPS) is 10.9. The first-order valence-corrected chi connectivity index (χ1v) is 8.24. The van der Waals surface area contributed by atoms with Crippen molar-refractivity contribution in [3.63, 3.8) is 0 Å². The van der Waals surface area contributed by atoms with Crippen molar-refractivity contribution in [1.29, 1.82) is 0 Å². The van der Waals surface area contributed by atoms with Crippen LogP contribution in [0.2, 0.25) is 0 Å². The first kappa shape index (κ1) is 17.4. The second-order valence-corrected chi connectivity index (χ2v) is 5.30. The van der Waals surface area contributed by atoms with Crippen molar-refractivity contribution in [3.8, 4) is 5.75 Å². The van der Waals surface area contributed by atoms with Crippen molar-refractivity contribution in [2.24, 2.45) is 0 Å². The maximum absolute atomic E-state index is 5.73. The van der Waals surface area contributed by atoms with Gasteiger partial charge in [-0.3, -0.25) is 4.98 Å². The third kappa shape index (κ3) is 6.38. The number of benzene rings is 1. The molecule has 124 valence electrons. The van der Waals surface area contributed by atoms with Crippen LogP contribution in [0.15, 0.2) is 48.5 Å². The van der Waals surface area contributed by atoms with Crippen molar-refractivity contribution in [1.82, 2.24) is 9.88 Å². The molecule has 1 aromatic carbocycles. The third-order valence-corrected chi connectivity index (χ3v) is 3.69. The van der Waals surface area contributed by atoms with Gasteiger partial charge in [0.2, 0.25) is 0 Å². The largest absolute Gasteiger partial charge is 0.487 e. The zero-order valence-electron chi connectivity index (χ0n) is 14.1. The quantitative estimate of drug-likeness (QED) is 0.629. The Balaban J connectivity index is 1.76. The molecular formula is C19H26N2O2. The van der Waals surface area contributed by atoms with Crippen LogP contribution in [0.25, 0.3) is 0 Å². The van der Waals surface area contributed by atoms with Crippen molar-refractivity contribution in [3.05, 3.63) is 59.9 Å². The van der Waals surface area contributed by atoms with Gasteiger partial charge in [0.1, 0.15) is 12.4 Å². The molecule has 0 aliphatic rings. The Morgan fingerprint density at radius 1 is 0.870 bits per heavy atom. The highest BCUT2D eigenvalue weighted by Crippen LogP contribution is 2.11. The summed E-state index contributed by atoms with van der Waals surface area (Å²) < 4.78 is 11.4. The van der Waals surface area contributed by atoms with Gasteiger partial charge in [-0.25, -0.2) is 0 Å². The first-order valence-electron chi connectivity index (χ1n) is 8.24. The number of aromatic nitrogens is 1. The van der Waals surface area contributed by atoms with E-state index in [1.807, 2.05) is 48.5 Å². The van der Waals surface area contributed by atoms with E-state index in [4.69, 9.17) is 9.47 Å². The third-order valence-electron chi connectivity index (χ3n) is 3.69. The fraction of sp³-hybridized carbons (Fsp3) is 0.421. The van der Waals surface area contributed by atoms with Crippen molar-refractivity contribution >= 4 is 0 Å². The van der Waals surface area contributed by atoms with Gasteiger partial charge >= 0.3 is 0 Å². The number of likely N-dealkylation sites (N-methyl/N-ethyl adjacent to an activating group) is 1. The number of rotatable bonds is 10. The molecule has 2 aromatic rings. The maximum atomic E-state index is 5.73. The standard InChI is InChI=1S/C19H26N2O2/c1-3-21(4-2)13-14-22-15-17-9-8-10-18(20-17)16-23-19-11-6-5-7-12-19/h5-12H,3-4,13-16H2,1-2H3. The van der Waals surface area contributed by atoms with E-state index in [1.54, 1.807) is 0 Å². The molecule has 4 heteroatoms. The minimum Gasteiger partial charge on any atom is -0.487 e. The summed E-state index contributed by atoms with van der Waals surface area (Å²) in [6, 6.07) is 15.7. The molecule has 0 atom stereocenters. The molecule has 4 nitrogen and oxygen atoms in total. The second-order valence-electron chi connectivity index (χ2n) is 5.30. The van der Waals surface area contributed by atoms with Crippen LogP contribution in [0, 0.1) is 0 Å². The van der Waals surface area contributed by atoms with Crippen LogP contribution < -0.4 is 4.74 Å². The van der Waals surface area contributed by atoms with E-state index < -0.39 is 0 Å². The monoisotopic (exact) mass is 314 g/mol. The number of para-hydroxylation sites is 1. The Kier molecular flexibility index (Phi) is 7.57. The zero-order valence-corrected chi connectivity index (χ0v) is 14.1. The Morgan fingerprint density at radius 2 is 1.57 bits per heavy atom. The Bertz CT molecular complexity index is 556. The molecule has 0 aliphatic heterocycles. The van der Waals surface area contributed by atoms with E-state index in [9.17, 15) is 0 Å². The maximum Gasteiger partial charge on any atom is 0.130 e. The summed E-state index contributed by atoms with van der Waals surface area (Å²) in [6.07, 6.45) is 0. The first-order chi connectivity index (χ1) is 11.3. The molecule has 0 saturated heterocycles. The van der Waals surface area contributed by atoms with Crippen LogP contribution >= 0.6 is 0 Å². The molecule has 1 heterocycles. The highest BCUT2D eigenvalue weighted by molar-refractivity contribution is 5.21. The molecule has 0 fully saturated rings. The molecule has 0 radical (unpaired) electrons. The summed E-state index contributed by atoms with van der Waals surface area (Å²) in [7, 11) is 0. The van der Waals surface area contributed by atoms with Gasteiger partial charge in [0, 0.05) is 6.54 Å². The van der Waals surface area contributed by atoms with Crippen LogP contribution in [0.4, 0.5) is 0 Å². The van der Waals surface area contributed by atoms with Gasteiger partial charge in [0.15, 0.2) is 0 Å². The van der Waals surface area contributed by atoms with E-state index in [1.165, 1.54) is 0 Å². The Morgan fingerprint density at radius 3 is 2.26 bits per heavy atom. The van der Waals surface area contributed by atoms with Gasteiger partial charge < -0.3 is 14.4 Å². The fourth-order valence-corrected chi connectivity index (χ4v) is 2.27. The SMILES string of the molecule is CCN(CC)CCOCc1cccc(COc2ccccc2)n1. The molecule has 0 amide bonds. The van der Waals surface area contributed by atoms with E-state index in [0.29, 0.717) is 13.2 Å². The van der Waals surface area contributed by atoms with Crippen LogP contribution in [-0.4, -0.2) is 36.1 Å². The van der Waals surface area contributed by atoms with Gasteiger partial charge in [0.25, 0.3) is 0 Å². The number of hydrogen-bond acceptors (Lipinski definition) is 4. The molecule has 23 heavy (non-hydrogen) atoms. The summed E-state index contributed by atoms with van der Waals surface area (Å²) in [4.78, 5) is 6.93. The molecule has 0 unspecified atom stereocenters.